The first-order chi connectivity index (χ1) is 7.08. The van der Waals surface area contributed by atoms with Crippen LogP contribution in [0.25, 0.3) is 0 Å². The minimum atomic E-state index is -0.468. The minimum Gasteiger partial charge on any atom is -0.321 e. The molecule has 0 radical (unpaired) electrons. The van der Waals surface area contributed by atoms with Crippen molar-refractivity contribution in [2.24, 2.45) is 0 Å². The van der Waals surface area contributed by atoms with E-state index in [0.29, 0.717) is 5.69 Å². The highest BCUT2D eigenvalue weighted by atomic mass is 16.6. The standard InChI is InChI=1S/C10H10N2O3/c1-6(13)11-9-4-7-2-3-8(7)5-10(9)12(14)15/h4-5H,2-3H2,1H3,(H,11,13). The number of hydrogen-bond acceptors (Lipinski definition) is 3. The Morgan fingerprint density at radius 3 is 2.47 bits per heavy atom. The molecular weight excluding hydrogens is 196 g/mol. The van der Waals surface area contributed by atoms with Crippen LogP contribution >= 0.6 is 0 Å². The number of aryl methyl sites for hydroxylation is 2. The summed E-state index contributed by atoms with van der Waals surface area (Å²) in [6, 6.07) is 3.24. The predicted octanol–water partition coefficient (Wildman–Crippen LogP) is 1.65. The first kappa shape index (κ1) is 9.64. The van der Waals surface area contributed by atoms with E-state index in [9.17, 15) is 14.9 Å². The highest BCUT2D eigenvalue weighted by Crippen LogP contribution is 2.33. The zero-order valence-electron chi connectivity index (χ0n) is 8.24. The number of amides is 1. The fraction of sp³-hybridized carbons (Fsp3) is 0.300. The van der Waals surface area contributed by atoms with Crippen LogP contribution in [0.15, 0.2) is 12.1 Å². The molecule has 0 saturated heterocycles. The number of nitro groups is 1. The molecule has 2 rings (SSSR count). The normalized spacial score (nSPS) is 12.6. The number of nitrogens with one attached hydrogen (secondary N) is 1. The second-order valence-corrected chi connectivity index (χ2v) is 3.58. The number of nitrogens with zero attached hydrogens (tertiary/aromatic N) is 1. The van der Waals surface area contributed by atoms with Gasteiger partial charge in [0.25, 0.3) is 5.69 Å². The summed E-state index contributed by atoms with van der Waals surface area (Å²) < 4.78 is 0. The van der Waals surface area contributed by atoms with Gasteiger partial charge in [-0.2, -0.15) is 0 Å². The third-order valence-corrected chi connectivity index (χ3v) is 2.49. The van der Waals surface area contributed by atoms with E-state index in [1.165, 1.54) is 6.92 Å². The monoisotopic (exact) mass is 206 g/mol. The van der Waals surface area contributed by atoms with Crippen LogP contribution in [0.5, 0.6) is 0 Å². The topological polar surface area (TPSA) is 72.2 Å². The van der Waals surface area contributed by atoms with Gasteiger partial charge in [0, 0.05) is 13.0 Å². The molecule has 0 unspecified atom stereocenters. The summed E-state index contributed by atoms with van der Waals surface area (Å²) in [5.74, 6) is -0.294. The van der Waals surface area contributed by atoms with E-state index in [1.54, 1.807) is 12.1 Å². The molecule has 15 heavy (non-hydrogen) atoms. The third-order valence-electron chi connectivity index (χ3n) is 2.49. The highest BCUT2D eigenvalue weighted by molar-refractivity contribution is 5.91. The van der Waals surface area contributed by atoms with Crippen molar-refractivity contribution in [2.45, 2.75) is 19.8 Å². The molecular formula is C10H10N2O3. The second-order valence-electron chi connectivity index (χ2n) is 3.58. The van der Waals surface area contributed by atoms with Crippen LogP contribution in [0.2, 0.25) is 0 Å². The molecule has 1 amide bonds. The van der Waals surface area contributed by atoms with E-state index in [1.807, 2.05) is 0 Å². The van der Waals surface area contributed by atoms with E-state index >= 15 is 0 Å². The summed E-state index contributed by atoms with van der Waals surface area (Å²) in [6.07, 6.45) is 1.82. The molecule has 0 aliphatic heterocycles. The Balaban J connectivity index is 2.45. The van der Waals surface area contributed by atoms with E-state index in [-0.39, 0.29) is 11.6 Å². The van der Waals surface area contributed by atoms with Crippen molar-refractivity contribution in [3.63, 3.8) is 0 Å². The van der Waals surface area contributed by atoms with Crippen LogP contribution in [0, 0.1) is 10.1 Å². The highest BCUT2D eigenvalue weighted by Gasteiger charge is 2.22. The van der Waals surface area contributed by atoms with Gasteiger partial charge in [0.15, 0.2) is 0 Å². The molecule has 0 saturated carbocycles. The quantitative estimate of drug-likeness (QED) is 0.590. The Kier molecular flexibility index (Phi) is 2.15. The molecule has 0 spiro atoms. The molecule has 1 aromatic rings. The zero-order valence-corrected chi connectivity index (χ0v) is 8.24. The van der Waals surface area contributed by atoms with Crippen molar-refractivity contribution in [3.8, 4) is 0 Å². The summed E-state index contributed by atoms with van der Waals surface area (Å²) in [5, 5.41) is 13.2. The average Bonchev–Trinajstić information content (AvgIpc) is 2.08. The van der Waals surface area contributed by atoms with Gasteiger partial charge in [0.2, 0.25) is 5.91 Å². The van der Waals surface area contributed by atoms with Gasteiger partial charge in [-0.3, -0.25) is 14.9 Å². The summed E-state index contributed by atoms with van der Waals surface area (Å²) in [5.41, 5.74) is 2.37. The molecule has 5 nitrogen and oxygen atoms in total. The van der Waals surface area contributed by atoms with Gasteiger partial charge in [0.05, 0.1) is 4.92 Å². The van der Waals surface area contributed by atoms with Crippen LogP contribution in [-0.2, 0) is 17.6 Å². The number of anilines is 1. The largest absolute Gasteiger partial charge is 0.321 e. The number of rotatable bonds is 2. The van der Waals surface area contributed by atoms with Crippen molar-refractivity contribution < 1.29 is 9.72 Å². The van der Waals surface area contributed by atoms with Crippen molar-refractivity contribution in [3.05, 3.63) is 33.4 Å². The maximum Gasteiger partial charge on any atom is 0.293 e. The van der Waals surface area contributed by atoms with Gasteiger partial charge < -0.3 is 5.32 Å². The molecule has 0 atom stereocenters. The van der Waals surface area contributed by atoms with E-state index in [4.69, 9.17) is 0 Å². The summed E-state index contributed by atoms with van der Waals surface area (Å²) in [7, 11) is 0. The Morgan fingerprint density at radius 1 is 1.40 bits per heavy atom. The molecule has 1 aromatic carbocycles. The molecule has 0 bridgehead atoms. The molecule has 1 aliphatic rings. The lowest BCUT2D eigenvalue weighted by Crippen LogP contribution is -2.13. The zero-order chi connectivity index (χ0) is 11.0. The molecule has 0 fully saturated rings. The van der Waals surface area contributed by atoms with E-state index in [0.717, 1.165) is 24.0 Å². The lowest BCUT2D eigenvalue weighted by atomic mass is 9.87. The first-order valence-corrected chi connectivity index (χ1v) is 4.65. The van der Waals surface area contributed by atoms with Gasteiger partial charge in [0.1, 0.15) is 5.69 Å². The SMILES string of the molecule is CC(=O)Nc1cc2c(cc1[N+](=O)[O-])CC2. The molecule has 0 aromatic heterocycles. The van der Waals surface area contributed by atoms with Crippen LogP contribution in [0.3, 0.4) is 0 Å². The number of carbonyl (C=O) groups excluding carboxylic acids is 1. The van der Waals surface area contributed by atoms with Gasteiger partial charge in [-0.25, -0.2) is 0 Å². The van der Waals surface area contributed by atoms with Crippen molar-refractivity contribution >= 4 is 17.3 Å². The van der Waals surface area contributed by atoms with Crippen molar-refractivity contribution in [1.82, 2.24) is 0 Å². The van der Waals surface area contributed by atoms with Crippen molar-refractivity contribution in [1.29, 1.82) is 0 Å². The smallest absolute Gasteiger partial charge is 0.293 e. The fourth-order valence-electron chi connectivity index (χ4n) is 1.68. The Morgan fingerprint density at radius 2 is 2.00 bits per heavy atom. The maximum atomic E-state index is 10.9. The summed E-state index contributed by atoms with van der Waals surface area (Å²) in [4.78, 5) is 21.1. The van der Waals surface area contributed by atoms with Crippen LogP contribution in [0.1, 0.15) is 18.1 Å². The van der Waals surface area contributed by atoms with Gasteiger partial charge in [-0.1, -0.05) is 0 Å². The van der Waals surface area contributed by atoms with Crippen LogP contribution in [0.4, 0.5) is 11.4 Å². The number of fused-ring (bicyclic) bond motifs is 1. The number of hydrogen-bond donors (Lipinski definition) is 1. The maximum absolute atomic E-state index is 10.9. The van der Waals surface area contributed by atoms with Gasteiger partial charge in [-0.05, 0) is 30.0 Å². The molecule has 1 aliphatic carbocycles. The molecule has 0 heterocycles. The number of nitro benzene ring substituents is 1. The summed E-state index contributed by atoms with van der Waals surface area (Å²) in [6.45, 7) is 1.34. The predicted molar refractivity (Wildman–Crippen MR) is 54.8 cm³/mol. The molecule has 1 N–H and O–H groups in total. The Bertz CT molecular complexity index is 454. The molecule has 5 heteroatoms. The van der Waals surface area contributed by atoms with Gasteiger partial charge >= 0.3 is 0 Å². The lowest BCUT2D eigenvalue weighted by molar-refractivity contribution is -0.384. The Hall–Kier alpha value is -1.91. The third kappa shape index (κ3) is 1.68. The number of benzene rings is 1. The Labute approximate surface area is 86.2 Å². The summed E-state index contributed by atoms with van der Waals surface area (Å²) >= 11 is 0. The van der Waals surface area contributed by atoms with E-state index < -0.39 is 4.92 Å². The lowest BCUT2D eigenvalue weighted by Gasteiger charge is -2.19. The van der Waals surface area contributed by atoms with E-state index in [2.05, 4.69) is 5.32 Å². The van der Waals surface area contributed by atoms with Crippen LogP contribution < -0.4 is 5.32 Å². The van der Waals surface area contributed by atoms with Gasteiger partial charge in [-0.15, -0.1) is 0 Å². The van der Waals surface area contributed by atoms with Crippen molar-refractivity contribution in [2.75, 3.05) is 5.32 Å². The number of carbonyl (C=O) groups is 1. The second kappa shape index (κ2) is 3.34. The first-order valence-electron chi connectivity index (χ1n) is 4.65. The fourth-order valence-corrected chi connectivity index (χ4v) is 1.68. The minimum absolute atomic E-state index is 0.0244. The van der Waals surface area contributed by atoms with Crippen LogP contribution in [-0.4, -0.2) is 10.8 Å². The molecule has 78 valence electrons. The average molecular weight is 206 g/mol.